The maximum Gasteiger partial charge on any atom is 0.423 e. The Balaban J connectivity index is 1.94. The van der Waals surface area contributed by atoms with E-state index in [2.05, 4.69) is 10.6 Å². The van der Waals surface area contributed by atoms with Crippen LogP contribution in [0.15, 0.2) is 30.3 Å². The highest BCUT2D eigenvalue weighted by molar-refractivity contribution is 5.73. The van der Waals surface area contributed by atoms with Crippen molar-refractivity contribution in [1.29, 1.82) is 0 Å². The van der Waals surface area contributed by atoms with Gasteiger partial charge >= 0.3 is 12.2 Å². The van der Waals surface area contributed by atoms with Gasteiger partial charge in [0, 0.05) is 6.54 Å². The fourth-order valence-corrected chi connectivity index (χ4v) is 2.80. The van der Waals surface area contributed by atoms with Gasteiger partial charge in [-0.2, -0.15) is 13.2 Å². The predicted molar refractivity (Wildman–Crippen MR) is 79.8 cm³/mol. The average Bonchev–Trinajstić information content (AvgIpc) is 3.03. The van der Waals surface area contributed by atoms with Crippen molar-refractivity contribution in [3.05, 3.63) is 35.9 Å². The highest BCUT2D eigenvalue weighted by atomic mass is 19.4. The van der Waals surface area contributed by atoms with E-state index in [0.29, 0.717) is 12.5 Å². The average molecular weight is 330 g/mol. The molecular formula is C16H21F3N2O2. The molecule has 7 heteroatoms. The summed E-state index contributed by atoms with van der Waals surface area (Å²) in [6.45, 7) is -0.487. The lowest BCUT2D eigenvalue weighted by atomic mass is 9.93. The van der Waals surface area contributed by atoms with Crippen molar-refractivity contribution >= 4 is 6.03 Å². The first-order valence-corrected chi connectivity index (χ1v) is 7.69. The zero-order chi connectivity index (χ0) is 16.9. The second-order valence-corrected chi connectivity index (χ2v) is 5.94. The molecule has 1 fully saturated rings. The van der Waals surface area contributed by atoms with E-state index in [-0.39, 0.29) is 5.56 Å². The topological polar surface area (TPSA) is 61.4 Å². The lowest BCUT2D eigenvalue weighted by Crippen LogP contribution is -2.52. The van der Waals surface area contributed by atoms with Crippen LogP contribution in [-0.4, -0.2) is 30.4 Å². The van der Waals surface area contributed by atoms with E-state index >= 15 is 0 Å². The molecule has 2 rings (SSSR count). The molecule has 1 aliphatic carbocycles. The molecule has 0 heterocycles. The molecule has 0 aromatic heterocycles. The molecule has 0 aliphatic heterocycles. The first-order chi connectivity index (χ1) is 10.8. The van der Waals surface area contributed by atoms with Crippen LogP contribution in [0.25, 0.3) is 0 Å². The SMILES string of the molecule is O=C(NCC1CCCC1)NCC(O)(c1ccccc1)C(F)(F)F. The predicted octanol–water partition coefficient (Wildman–Crippen LogP) is 2.93. The molecule has 23 heavy (non-hydrogen) atoms. The zero-order valence-corrected chi connectivity index (χ0v) is 12.7. The number of rotatable bonds is 5. The highest BCUT2D eigenvalue weighted by Gasteiger charge is 2.55. The summed E-state index contributed by atoms with van der Waals surface area (Å²) in [6.07, 6.45) is -0.605. The molecule has 128 valence electrons. The third kappa shape index (κ3) is 4.37. The molecule has 2 amide bonds. The van der Waals surface area contributed by atoms with E-state index in [1.807, 2.05) is 0 Å². The number of carbonyl (C=O) groups excluding carboxylic acids is 1. The number of carbonyl (C=O) groups is 1. The van der Waals surface area contributed by atoms with Crippen molar-refractivity contribution in [2.75, 3.05) is 13.1 Å². The second-order valence-electron chi connectivity index (χ2n) is 5.94. The summed E-state index contributed by atoms with van der Waals surface area (Å²) in [4.78, 5) is 11.7. The minimum Gasteiger partial charge on any atom is -0.375 e. The van der Waals surface area contributed by atoms with Gasteiger partial charge < -0.3 is 15.7 Å². The molecule has 0 spiro atoms. The number of hydrogen-bond donors (Lipinski definition) is 3. The number of aliphatic hydroxyl groups is 1. The van der Waals surface area contributed by atoms with E-state index in [1.165, 1.54) is 24.3 Å². The van der Waals surface area contributed by atoms with E-state index in [4.69, 9.17) is 0 Å². The number of hydrogen-bond acceptors (Lipinski definition) is 2. The number of alkyl halides is 3. The number of urea groups is 1. The molecule has 3 N–H and O–H groups in total. The van der Waals surface area contributed by atoms with Crippen molar-refractivity contribution in [2.24, 2.45) is 5.92 Å². The Bertz CT molecular complexity index is 516. The van der Waals surface area contributed by atoms with E-state index < -0.39 is 24.4 Å². The van der Waals surface area contributed by atoms with Crippen molar-refractivity contribution in [1.82, 2.24) is 10.6 Å². The summed E-state index contributed by atoms with van der Waals surface area (Å²) in [5, 5.41) is 14.8. The lowest BCUT2D eigenvalue weighted by Gasteiger charge is -2.31. The maximum absolute atomic E-state index is 13.3. The fourth-order valence-electron chi connectivity index (χ4n) is 2.80. The van der Waals surface area contributed by atoms with Crippen LogP contribution in [0.5, 0.6) is 0 Å². The normalized spacial score (nSPS) is 18.4. The van der Waals surface area contributed by atoms with Crippen LogP contribution in [0.3, 0.4) is 0 Å². The van der Waals surface area contributed by atoms with Crippen LogP contribution in [0.1, 0.15) is 31.2 Å². The summed E-state index contributed by atoms with van der Waals surface area (Å²) in [7, 11) is 0. The van der Waals surface area contributed by atoms with Crippen molar-refractivity contribution < 1.29 is 23.1 Å². The molecule has 0 radical (unpaired) electrons. The summed E-state index contributed by atoms with van der Waals surface area (Å²) >= 11 is 0. The molecular weight excluding hydrogens is 309 g/mol. The second kappa shape index (κ2) is 7.21. The summed E-state index contributed by atoms with van der Waals surface area (Å²) < 4.78 is 39.8. The quantitative estimate of drug-likeness (QED) is 0.777. The number of benzene rings is 1. The van der Waals surface area contributed by atoms with Gasteiger partial charge in [0.15, 0.2) is 0 Å². The number of amides is 2. The van der Waals surface area contributed by atoms with Gasteiger partial charge in [0.2, 0.25) is 5.60 Å². The first-order valence-electron chi connectivity index (χ1n) is 7.69. The third-order valence-electron chi connectivity index (χ3n) is 4.25. The van der Waals surface area contributed by atoms with Crippen molar-refractivity contribution in [3.8, 4) is 0 Å². The summed E-state index contributed by atoms with van der Waals surface area (Å²) in [6, 6.07) is 6.05. The van der Waals surface area contributed by atoms with Crippen LogP contribution >= 0.6 is 0 Å². The fraction of sp³-hybridized carbons (Fsp3) is 0.562. The van der Waals surface area contributed by atoms with Crippen LogP contribution in [-0.2, 0) is 5.60 Å². The van der Waals surface area contributed by atoms with Gasteiger partial charge in [-0.05, 0) is 24.3 Å². The molecule has 1 saturated carbocycles. The Labute approximate surface area is 133 Å². The maximum atomic E-state index is 13.3. The van der Waals surface area contributed by atoms with Gasteiger partial charge in [-0.3, -0.25) is 0 Å². The summed E-state index contributed by atoms with van der Waals surface area (Å²) in [5.74, 6) is 0.386. The minimum absolute atomic E-state index is 0.302. The molecule has 4 nitrogen and oxygen atoms in total. The van der Waals surface area contributed by atoms with Crippen LogP contribution in [0, 0.1) is 5.92 Å². The molecule has 1 aromatic rings. The zero-order valence-electron chi connectivity index (χ0n) is 12.7. The molecule has 0 bridgehead atoms. The third-order valence-corrected chi connectivity index (χ3v) is 4.25. The lowest BCUT2D eigenvalue weighted by molar-refractivity contribution is -0.263. The number of halogens is 3. The largest absolute Gasteiger partial charge is 0.423 e. The Hall–Kier alpha value is -1.76. The van der Waals surface area contributed by atoms with Crippen LogP contribution < -0.4 is 10.6 Å². The van der Waals surface area contributed by atoms with Gasteiger partial charge in [-0.1, -0.05) is 43.2 Å². The highest BCUT2D eigenvalue weighted by Crippen LogP contribution is 2.38. The van der Waals surface area contributed by atoms with Gasteiger partial charge in [0.05, 0.1) is 6.54 Å². The van der Waals surface area contributed by atoms with Crippen molar-refractivity contribution in [3.63, 3.8) is 0 Å². The molecule has 0 saturated heterocycles. The monoisotopic (exact) mass is 330 g/mol. The molecule has 1 atom stereocenters. The summed E-state index contributed by atoms with van der Waals surface area (Å²) in [5.41, 5.74) is -3.41. The Morgan fingerprint density at radius 3 is 2.30 bits per heavy atom. The Morgan fingerprint density at radius 2 is 1.74 bits per heavy atom. The van der Waals surface area contributed by atoms with E-state index in [1.54, 1.807) is 6.07 Å². The molecule has 1 aromatic carbocycles. The molecule has 1 unspecified atom stereocenters. The Morgan fingerprint density at radius 1 is 1.13 bits per heavy atom. The standard InChI is InChI=1S/C16H21F3N2O2/c17-16(18,19)15(23,13-8-2-1-3-9-13)11-21-14(22)20-10-12-6-4-5-7-12/h1-3,8-9,12,23H,4-7,10-11H2,(H2,20,21,22). The number of nitrogens with one attached hydrogen (secondary N) is 2. The first kappa shape index (κ1) is 17.6. The smallest absolute Gasteiger partial charge is 0.375 e. The van der Waals surface area contributed by atoms with E-state index in [0.717, 1.165) is 25.7 Å². The Kier molecular flexibility index (Phi) is 5.51. The van der Waals surface area contributed by atoms with Crippen LogP contribution in [0.2, 0.25) is 0 Å². The van der Waals surface area contributed by atoms with Gasteiger partial charge in [0.1, 0.15) is 0 Å². The van der Waals surface area contributed by atoms with Crippen molar-refractivity contribution in [2.45, 2.75) is 37.5 Å². The van der Waals surface area contributed by atoms with Gasteiger partial charge in [-0.25, -0.2) is 4.79 Å². The molecule has 1 aliphatic rings. The van der Waals surface area contributed by atoms with Crippen LogP contribution in [0.4, 0.5) is 18.0 Å². The van der Waals surface area contributed by atoms with E-state index in [9.17, 15) is 23.1 Å². The van der Waals surface area contributed by atoms with Gasteiger partial charge in [-0.15, -0.1) is 0 Å². The minimum atomic E-state index is -4.90. The van der Waals surface area contributed by atoms with Gasteiger partial charge in [0.25, 0.3) is 0 Å².